The van der Waals surface area contributed by atoms with Crippen LogP contribution in [0.15, 0.2) is 60.9 Å². The number of pyridine rings is 1. The van der Waals surface area contributed by atoms with Gasteiger partial charge in [0.25, 0.3) is 5.91 Å². The van der Waals surface area contributed by atoms with Crippen molar-refractivity contribution in [1.29, 1.82) is 0 Å². The first-order chi connectivity index (χ1) is 18.1. The van der Waals surface area contributed by atoms with E-state index in [1.165, 1.54) is 12.1 Å². The molecule has 3 atom stereocenters. The summed E-state index contributed by atoms with van der Waals surface area (Å²) < 4.78 is 25.7. The number of carbonyl (C=O) groups excluding carboxylic acids is 1. The Balaban J connectivity index is 1.34. The number of likely N-dealkylation sites (tertiary alicyclic amines) is 1. The van der Waals surface area contributed by atoms with Crippen LogP contribution in [0.5, 0.6) is 11.5 Å². The molecule has 1 aliphatic heterocycles. The van der Waals surface area contributed by atoms with Crippen LogP contribution in [0, 0.1) is 11.7 Å². The lowest BCUT2D eigenvalue weighted by Gasteiger charge is -2.26. The van der Waals surface area contributed by atoms with E-state index in [0.717, 1.165) is 60.5 Å². The topological polar surface area (TPSA) is 63.7 Å². The van der Waals surface area contributed by atoms with Gasteiger partial charge >= 0.3 is 0 Å². The minimum Gasteiger partial charge on any atom is -0.493 e. The van der Waals surface area contributed by atoms with Crippen molar-refractivity contribution >= 4 is 5.91 Å². The molecule has 3 aromatic rings. The number of nitrogens with zero attached hydrogens (tertiary/aromatic N) is 2. The zero-order chi connectivity index (χ0) is 25.8. The predicted octanol–water partition coefficient (Wildman–Crippen LogP) is 5.47. The van der Waals surface area contributed by atoms with Crippen molar-refractivity contribution < 1.29 is 18.7 Å². The number of aromatic nitrogens is 1. The lowest BCUT2D eigenvalue weighted by Crippen LogP contribution is -2.39. The molecule has 2 aromatic carbocycles. The van der Waals surface area contributed by atoms with E-state index in [1.807, 2.05) is 13.8 Å². The first-order valence-electron chi connectivity index (χ1n) is 13.2. The van der Waals surface area contributed by atoms with E-state index in [4.69, 9.17) is 9.47 Å². The Hall–Kier alpha value is -3.45. The molecule has 1 aliphatic carbocycles. The Kier molecular flexibility index (Phi) is 7.70. The monoisotopic (exact) mass is 503 g/mol. The maximum atomic E-state index is 13.6. The SMILES string of the molecule is CCOc1cc(CN2CC[C@H]3C(NC(=O)c4cccnc4)CC[C@H]32)cc(OCC)c1-c1ccc(F)cc1. The second kappa shape index (κ2) is 11.3. The van der Waals surface area contributed by atoms with Gasteiger partial charge in [0.1, 0.15) is 17.3 Å². The fourth-order valence-corrected chi connectivity index (χ4v) is 5.91. The molecule has 1 amide bonds. The predicted molar refractivity (Wildman–Crippen MR) is 141 cm³/mol. The van der Waals surface area contributed by atoms with Gasteiger partial charge < -0.3 is 14.8 Å². The number of halogens is 1. The van der Waals surface area contributed by atoms with Gasteiger partial charge in [-0.2, -0.15) is 0 Å². The van der Waals surface area contributed by atoms with Gasteiger partial charge in [-0.1, -0.05) is 12.1 Å². The van der Waals surface area contributed by atoms with Crippen molar-refractivity contribution in [1.82, 2.24) is 15.2 Å². The van der Waals surface area contributed by atoms with Crippen molar-refractivity contribution in [2.24, 2.45) is 5.92 Å². The highest BCUT2D eigenvalue weighted by atomic mass is 19.1. The lowest BCUT2D eigenvalue weighted by atomic mass is 9.99. The summed E-state index contributed by atoms with van der Waals surface area (Å²) in [7, 11) is 0. The lowest BCUT2D eigenvalue weighted by molar-refractivity contribution is 0.0926. The highest BCUT2D eigenvalue weighted by Gasteiger charge is 2.44. The van der Waals surface area contributed by atoms with Crippen molar-refractivity contribution in [2.45, 2.75) is 51.7 Å². The van der Waals surface area contributed by atoms with E-state index in [2.05, 4.69) is 27.3 Å². The van der Waals surface area contributed by atoms with Crippen molar-refractivity contribution in [3.8, 4) is 22.6 Å². The van der Waals surface area contributed by atoms with Gasteiger partial charge in [0.05, 0.1) is 24.3 Å². The highest BCUT2D eigenvalue weighted by Crippen LogP contribution is 2.43. The molecule has 6 nitrogen and oxygen atoms in total. The maximum Gasteiger partial charge on any atom is 0.253 e. The van der Waals surface area contributed by atoms with Gasteiger partial charge in [-0.15, -0.1) is 0 Å². The second-order valence-electron chi connectivity index (χ2n) is 9.73. The molecule has 1 saturated heterocycles. The fraction of sp³-hybridized carbons (Fsp3) is 0.400. The summed E-state index contributed by atoms with van der Waals surface area (Å²) in [5.74, 6) is 1.62. The van der Waals surface area contributed by atoms with Crippen LogP contribution in [0.4, 0.5) is 4.39 Å². The van der Waals surface area contributed by atoms with Crippen molar-refractivity contribution in [3.05, 3.63) is 77.9 Å². The van der Waals surface area contributed by atoms with Crippen LogP contribution in [0.1, 0.15) is 49.0 Å². The second-order valence-corrected chi connectivity index (χ2v) is 9.73. The summed E-state index contributed by atoms with van der Waals surface area (Å²) in [6, 6.07) is 14.8. The van der Waals surface area contributed by atoms with E-state index in [9.17, 15) is 9.18 Å². The van der Waals surface area contributed by atoms with E-state index in [-0.39, 0.29) is 17.8 Å². The Bertz CT molecular complexity index is 1190. The molecule has 194 valence electrons. The molecule has 5 rings (SSSR count). The van der Waals surface area contributed by atoms with Crippen molar-refractivity contribution in [2.75, 3.05) is 19.8 Å². The molecule has 0 bridgehead atoms. The molecule has 2 fully saturated rings. The Labute approximate surface area is 217 Å². The van der Waals surface area contributed by atoms with Crippen LogP contribution in [-0.2, 0) is 6.54 Å². The smallest absolute Gasteiger partial charge is 0.253 e. The third kappa shape index (κ3) is 5.47. The Morgan fingerprint density at radius 3 is 2.43 bits per heavy atom. The van der Waals surface area contributed by atoms with Crippen LogP contribution in [0.25, 0.3) is 11.1 Å². The van der Waals surface area contributed by atoms with Gasteiger partial charge in [-0.3, -0.25) is 14.7 Å². The molecule has 7 heteroatoms. The van der Waals surface area contributed by atoms with E-state index in [1.54, 1.807) is 36.7 Å². The first kappa shape index (κ1) is 25.2. The molecule has 0 radical (unpaired) electrons. The molecule has 2 heterocycles. The third-order valence-electron chi connectivity index (χ3n) is 7.49. The summed E-state index contributed by atoms with van der Waals surface area (Å²) in [6.07, 6.45) is 6.40. The number of carbonyl (C=O) groups is 1. The molecular formula is C30H34FN3O3. The quantitative estimate of drug-likeness (QED) is 0.420. The van der Waals surface area contributed by atoms with Crippen molar-refractivity contribution in [3.63, 3.8) is 0 Å². The summed E-state index contributed by atoms with van der Waals surface area (Å²) >= 11 is 0. The third-order valence-corrected chi connectivity index (χ3v) is 7.49. The zero-order valence-corrected chi connectivity index (χ0v) is 21.5. The largest absolute Gasteiger partial charge is 0.493 e. The minimum absolute atomic E-state index is 0.0451. The Morgan fingerprint density at radius 2 is 1.78 bits per heavy atom. The molecule has 0 spiro atoms. The number of nitrogens with one attached hydrogen (secondary N) is 1. The number of rotatable bonds is 9. The molecule has 1 unspecified atom stereocenters. The minimum atomic E-state index is -0.272. The number of hydrogen-bond donors (Lipinski definition) is 1. The van der Waals surface area contributed by atoms with Crippen LogP contribution < -0.4 is 14.8 Å². The van der Waals surface area contributed by atoms with Gasteiger partial charge in [-0.25, -0.2) is 4.39 Å². The standard InChI is InChI=1S/C30H34FN3O3/c1-3-36-27-16-20(17-28(37-4-2)29(27)21-7-9-23(31)10-8-21)19-34-15-13-24-25(11-12-26(24)34)33-30(35)22-6-5-14-32-18-22/h5-10,14,16-18,24-26H,3-4,11-13,15,19H2,1-2H3,(H,33,35)/t24-,25?,26+/m0/s1. The number of hydrogen-bond acceptors (Lipinski definition) is 5. The fourth-order valence-electron chi connectivity index (χ4n) is 5.91. The summed E-state index contributed by atoms with van der Waals surface area (Å²) in [4.78, 5) is 19.3. The number of amides is 1. The Morgan fingerprint density at radius 1 is 1.05 bits per heavy atom. The highest BCUT2D eigenvalue weighted by molar-refractivity contribution is 5.94. The summed E-state index contributed by atoms with van der Waals surface area (Å²) in [5, 5.41) is 3.26. The average molecular weight is 504 g/mol. The number of ether oxygens (including phenoxy) is 2. The van der Waals surface area contributed by atoms with Gasteiger partial charge in [0.2, 0.25) is 0 Å². The summed E-state index contributed by atoms with van der Waals surface area (Å²) in [6.45, 7) is 6.75. The molecule has 1 N–H and O–H groups in total. The average Bonchev–Trinajstić information content (AvgIpc) is 3.49. The van der Waals surface area contributed by atoms with Crippen LogP contribution in [-0.4, -0.2) is 47.6 Å². The van der Waals surface area contributed by atoms with Crippen LogP contribution >= 0.6 is 0 Å². The normalized spacial score (nSPS) is 21.0. The molecular weight excluding hydrogens is 469 g/mol. The van der Waals surface area contributed by atoms with Gasteiger partial charge in [0.15, 0.2) is 0 Å². The number of fused-ring (bicyclic) bond motifs is 1. The maximum absolute atomic E-state index is 13.6. The van der Waals surface area contributed by atoms with Crippen LogP contribution in [0.2, 0.25) is 0 Å². The molecule has 2 aliphatic rings. The van der Waals surface area contributed by atoms with Gasteiger partial charge in [0, 0.05) is 31.0 Å². The molecule has 1 saturated carbocycles. The number of benzene rings is 2. The van der Waals surface area contributed by atoms with E-state index >= 15 is 0 Å². The van der Waals surface area contributed by atoms with E-state index < -0.39 is 0 Å². The van der Waals surface area contributed by atoms with Crippen LogP contribution in [0.3, 0.4) is 0 Å². The zero-order valence-electron chi connectivity index (χ0n) is 21.5. The first-order valence-corrected chi connectivity index (χ1v) is 13.2. The summed E-state index contributed by atoms with van der Waals surface area (Å²) in [5.41, 5.74) is 3.45. The molecule has 37 heavy (non-hydrogen) atoms. The molecule has 1 aromatic heterocycles. The van der Waals surface area contributed by atoms with Gasteiger partial charge in [-0.05, 0) is 93.1 Å². The van der Waals surface area contributed by atoms with E-state index in [0.29, 0.717) is 30.7 Å².